The molecule has 0 fully saturated rings. The van der Waals surface area contributed by atoms with Crippen molar-refractivity contribution < 1.29 is 43.8 Å². The molecule has 9 heteroatoms. The Hall–Kier alpha value is -2.16. The lowest BCUT2D eigenvalue weighted by atomic mass is 10.0. The summed E-state index contributed by atoms with van der Waals surface area (Å²) in [6.45, 7) is 3.23. The fraction of sp³-hybridized carbons (Fsp3) is 0.600. The fourth-order valence-corrected chi connectivity index (χ4v) is 0.931. The van der Waals surface area contributed by atoms with E-state index in [-0.39, 0.29) is 0 Å². The third-order valence-corrected chi connectivity index (χ3v) is 1.76. The Bertz CT molecular complexity index is 360. The minimum Gasteiger partial charge on any atom is -0.393 e. The van der Waals surface area contributed by atoms with Crippen molar-refractivity contribution in [1.82, 2.24) is 0 Å². The van der Waals surface area contributed by atoms with E-state index in [2.05, 4.69) is 19.6 Å². The Morgan fingerprint density at radius 3 is 1.84 bits per heavy atom. The molecule has 0 amide bonds. The van der Waals surface area contributed by atoms with Crippen LogP contribution in [0.5, 0.6) is 0 Å². The first-order valence-electron chi connectivity index (χ1n) is 5.19. The molecule has 0 heterocycles. The number of carbonyl (C=O) groups excluding carboxylic acids is 4. The summed E-state index contributed by atoms with van der Waals surface area (Å²) in [5.74, 6) is -5.27. The van der Waals surface area contributed by atoms with Gasteiger partial charge in [0.25, 0.3) is 0 Å². The molecule has 0 spiro atoms. The van der Waals surface area contributed by atoms with E-state index in [4.69, 9.17) is 0 Å². The summed E-state index contributed by atoms with van der Waals surface area (Å²) in [6, 6.07) is 0. The number of hydrogen-bond donors (Lipinski definition) is 1. The molecule has 0 aromatic heterocycles. The van der Waals surface area contributed by atoms with E-state index in [1.165, 1.54) is 6.92 Å². The van der Waals surface area contributed by atoms with Gasteiger partial charge in [0.2, 0.25) is 0 Å². The maximum atomic E-state index is 11.4. The van der Waals surface area contributed by atoms with Gasteiger partial charge in [-0.3, -0.25) is 0 Å². The van der Waals surface area contributed by atoms with E-state index in [1.54, 1.807) is 0 Å². The SMILES string of the molecule is CC(=O)OOC(=O)CC(C(=O)OOC(C)=O)C(C)O. The van der Waals surface area contributed by atoms with Crippen LogP contribution in [-0.2, 0) is 38.7 Å². The van der Waals surface area contributed by atoms with Gasteiger partial charge in [-0.15, -0.1) is 0 Å². The Balaban J connectivity index is 4.39. The Morgan fingerprint density at radius 1 is 0.947 bits per heavy atom. The van der Waals surface area contributed by atoms with Crippen molar-refractivity contribution in [2.45, 2.75) is 33.3 Å². The van der Waals surface area contributed by atoms with Crippen LogP contribution in [0.3, 0.4) is 0 Å². The quantitative estimate of drug-likeness (QED) is 0.530. The highest BCUT2D eigenvalue weighted by Gasteiger charge is 2.31. The molecule has 0 saturated carbocycles. The standard InChI is InChI=1S/C10H14O9/c1-5(11)8(10(15)19-17-7(3)13)4-9(14)18-16-6(2)12/h5,8,11H,4H2,1-3H3. The summed E-state index contributed by atoms with van der Waals surface area (Å²) in [7, 11) is 0. The van der Waals surface area contributed by atoms with E-state index in [1.807, 2.05) is 0 Å². The van der Waals surface area contributed by atoms with Crippen LogP contribution in [0.2, 0.25) is 0 Å². The molecule has 2 atom stereocenters. The van der Waals surface area contributed by atoms with Crippen molar-refractivity contribution in [1.29, 1.82) is 0 Å². The molecule has 0 aliphatic rings. The average Bonchev–Trinajstić information content (AvgIpc) is 2.29. The molecule has 0 aromatic rings. The second-order valence-corrected chi connectivity index (χ2v) is 3.56. The topological polar surface area (TPSA) is 125 Å². The smallest absolute Gasteiger partial charge is 0.361 e. The third-order valence-electron chi connectivity index (χ3n) is 1.76. The van der Waals surface area contributed by atoms with Gasteiger partial charge in [0.05, 0.1) is 18.4 Å². The lowest BCUT2D eigenvalue weighted by Crippen LogP contribution is -2.31. The van der Waals surface area contributed by atoms with Crippen molar-refractivity contribution in [3.05, 3.63) is 0 Å². The van der Waals surface area contributed by atoms with Crippen molar-refractivity contribution >= 4 is 23.9 Å². The van der Waals surface area contributed by atoms with Crippen molar-refractivity contribution in [3.63, 3.8) is 0 Å². The average molecular weight is 278 g/mol. The van der Waals surface area contributed by atoms with Crippen molar-refractivity contribution in [2.24, 2.45) is 5.92 Å². The normalized spacial score (nSPS) is 12.8. The highest BCUT2D eigenvalue weighted by molar-refractivity contribution is 5.80. The van der Waals surface area contributed by atoms with Crippen LogP contribution in [0.25, 0.3) is 0 Å². The molecule has 0 aromatic carbocycles. The predicted molar refractivity (Wildman–Crippen MR) is 55.5 cm³/mol. The molecule has 0 saturated heterocycles. The van der Waals surface area contributed by atoms with Crippen molar-refractivity contribution in [2.75, 3.05) is 0 Å². The number of aliphatic hydroxyl groups is 1. The largest absolute Gasteiger partial charge is 0.393 e. The summed E-state index contributed by atoms with van der Waals surface area (Å²) in [4.78, 5) is 59.4. The predicted octanol–water partition coefficient (Wildman–Crippen LogP) is -0.584. The van der Waals surface area contributed by atoms with E-state index in [0.717, 1.165) is 13.8 Å². The minimum atomic E-state index is -1.33. The zero-order chi connectivity index (χ0) is 15.0. The molecule has 2 unspecified atom stereocenters. The van der Waals surface area contributed by atoms with Gasteiger partial charge in [-0.25, -0.2) is 38.7 Å². The molecule has 9 nitrogen and oxygen atoms in total. The summed E-state index contributed by atoms with van der Waals surface area (Å²) in [5.41, 5.74) is 0. The Kier molecular flexibility index (Phi) is 7.12. The van der Waals surface area contributed by atoms with Gasteiger partial charge < -0.3 is 5.11 Å². The summed E-state index contributed by atoms with van der Waals surface area (Å²) >= 11 is 0. The lowest BCUT2D eigenvalue weighted by Gasteiger charge is -2.15. The van der Waals surface area contributed by atoms with E-state index < -0.39 is 42.3 Å². The monoisotopic (exact) mass is 278 g/mol. The molecule has 108 valence electrons. The maximum Gasteiger partial charge on any atom is 0.361 e. The van der Waals surface area contributed by atoms with Crippen LogP contribution in [0.1, 0.15) is 27.2 Å². The zero-order valence-electron chi connectivity index (χ0n) is 10.6. The molecule has 0 radical (unpaired) electrons. The van der Waals surface area contributed by atoms with E-state index in [0.29, 0.717) is 0 Å². The minimum absolute atomic E-state index is 0.620. The van der Waals surface area contributed by atoms with E-state index in [9.17, 15) is 24.3 Å². The van der Waals surface area contributed by atoms with Crippen LogP contribution < -0.4 is 0 Å². The molecule has 0 rings (SSSR count). The summed E-state index contributed by atoms with van der Waals surface area (Å²) in [6.07, 6.45) is -1.89. The molecule has 0 bridgehead atoms. The van der Waals surface area contributed by atoms with Gasteiger partial charge in [-0.05, 0) is 6.92 Å². The Labute approximate surface area is 108 Å². The van der Waals surface area contributed by atoms with Crippen LogP contribution in [0.4, 0.5) is 0 Å². The first kappa shape index (κ1) is 16.8. The number of hydrogen-bond acceptors (Lipinski definition) is 9. The van der Waals surface area contributed by atoms with Crippen molar-refractivity contribution in [3.8, 4) is 0 Å². The summed E-state index contributed by atoms with van der Waals surface area (Å²) < 4.78 is 0. The second-order valence-electron chi connectivity index (χ2n) is 3.56. The van der Waals surface area contributed by atoms with Crippen LogP contribution in [0.15, 0.2) is 0 Å². The van der Waals surface area contributed by atoms with Gasteiger partial charge in [0.15, 0.2) is 0 Å². The van der Waals surface area contributed by atoms with Gasteiger partial charge in [-0.2, -0.15) is 0 Å². The van der Waals surface area contributed by atoms with Gasteiger partial charge in [0.1, 0.15) is 0 Å². The maximum absolute atomic E-state index is 11.4. The Morgan fingerprint density at radius 2 is 1.42 bits per heavy atom. The first-order valence-corrected chi connectivity index (χ1v) is 5.19. The molecule has 0 aliphatic carbocycles. The molecular formula is C10H14O9. The zero-order valence-corrected chi connectivity index (χ0v) is 10.6. The highest BCUT2D eigenvalue weighted by Crippen LogP contribution is 2.13. The molecule has 1 N–H and O–H groups in total. The second kappa shape index (κ2) is 8.03. The van der Waals surface area contributed by atoms with Gasteiger partial charge >= 0.3 is 23.9 Å². The first-order chi connectivity index (χ1) is 8.73. The summed E-state index contributed by atoms with van der Waals surface area (Å²) in [5, 5.41) is 9.32. The number of carbonyl (C=O) groups is 4. The van der Waals surface area contributed by atoms with Crippen LogP contribution in [-0.4, -0.2) is 35.1 Å². The highest BCUT2D eigenvalue weighted by atomic mass is 17.2. The fourth-order valence-electron chi connectivity index (χ4n) is 0.931. The molecule has 19 heavy (non-hydrogen) atoms. The third kappa shape index (κ3) is 7.71. The van der Waals surface area contributed by atoms with Crippen LogP contribution >= 0.6 is 0 Å². The lowest BCUT2D eigenvalue weighted by molar-refractivity contribution is -0.266. The van der Waals surface area contributed by atoms with Gasteiger partial charge in [-0.1, -0.05) is 0 Å². The number of rotatable bonds is 4. The number of aliphatic hydroxyl groups excluding tert-OH is 1. The van der Waals surface area contributed by atoms with E-state index >= 15 is 0 Å². The van der Waals surface area contributed by atoms with Crippen LogP contribution in [0, 0.1) is 5.92 Å². The molecular weight excluding hydrogens is 264 g/mol. The molecule has 0 aliphatic heterocycles. The van der Waals surface area contributed by atoms with Gasteiger partial charge in [0, 0.05) is 13.8 Å².